The number of anilines is 1. The van der Waals surface area contributed by atoms with Gasteiger partial charge in [0.1, 0.15) is 0 Å². The highest BCUT2D eigenvalue weighted by Gasteiger charge is 2.23. The highest BCUT2D eigenvalue weighted by molar-refractivity contribution is 5.98. The van der Waals surface area contributed by atoms with Crippen molar-refractivity contribution in [1.82, 2.24) is 10.2 Å². The van der Waals surface area contributed by atoms with E-state index in [1.165, 1.54) is 17.7 Å². The molecule has 1 unspecified atom stereocenters. The maximum atomic E-state index is 12.9. The molecule has 2 aliphatic rings. The van der Waals surface area contributed by atoms with Crippen molar-refractivity contribution in [3.05, 3.63) is 29.3 Å². The Labute approximate surface area is 146 Å². The molecule has 132 valence electrons. The molecule has 1 atom stereocenters. The van der Waals surface area contributed by atoms with E-state index in [-0.39, 0.29) is 11.7 Å². The molecule has 0 aliphatic carbocycles. The number of piperazine rings is 1. The number of nitrogens with zero attached hydrogens (tertiary/aromatic N) is 2. The molecule has 0 aromatic heterocycles. The van der Waals surface area contributed by atoms with E-state index in [1.54, 1.807) is 0 Å². The van der Waals surface area contributed by atoms with Gasteiger partial charge < -0.3 is 15.1 Å². The molecule has 3 rings (SSSR count). The molecular formula is C20H31N3O. The van der Waals surface area contributed by atoms with Gasteiger partial charge in [0.05, 0.1) is 0 Å². The Balaban J connectivity index is 1.74. The second kappa shape index (κ2) is 7.66. The fraction of sp³-hybridized carbons (Fsp3) is 0.650. The van der Waals surface area contributed by atoms with Crippen LogP contribution in [0.4, 0.5) is 5.69 Å². The van der Waals surface area contributed by atoms with Gasteiger partial charge >= 0.3 is 0 Å². The quantitative estimate of drug-likeness (QED) is 0.842. The molecule has 0 spiro atoms. The van der Waals surface area contributed by atoms with Crippen LogP contribution in [0.15, 0.2) is 18.2 Å². The fourth-order valence-corrected chi connectivity index (χ4v) is 3.94. The Hall–Kier alpha value is -1.39. The zero-order valence-corrected chi connectivity index (χ0v) is 15.3. The largest absolute Gasteiger partial charge is 0.369 e. The third-order valence-corrected chi connectivity index (χ3v) is 5.34. The normalized spacial score (nSPS) is 20.1. The number of Topliss-reactive ketones (excluding diaryl/α,β-unsaturated/α-hetero) is 1. The lowest BCUT2D eigenvalue weighted by molar-refractivity contribution is 0.0887. The minimum absolute atomic E-state index is 0.0530. The van der Waals surface area contributed by atoms with Crippen molar-refractivity contribution in [2.24, 2.45) is 5.92 Å². The number of hydrogen-bond donors (Lipinski definition) is 1. The smallest absolute Gasteiger partial charge is 0.167 e. The van der Waals surface area contributed by atoms with Gasteiger partial charge in [-0.2, -0.15) is 0 Å². The molecule has 2 aliphatic heterocycles. The summed E-state index contributed by atoms with van der Waals surface area (Å²) in [7, 11) is 0. The molecule has 0 bridgehead atoms. The molecule has 0 saturated carbocycles. The molecule has 2 heterocycles. The topological polar surface area (TPSA) is 35.6 Å². The van der Waals surface area contributed by atoms with Crippen molar-refractivity contribution in [1.29, 1.82) is 0 Å². The molecule has 1 aromatic rings. The van der Waals surface area contributed by atoms with Gasteiger partial charge in [0.15, 0.2) is 5.78 Å². The molecule has 4 nitrogen and oxygen atoms in total. The Morgan fingerprint density at radius 1 is 1.17 bits per heavy atom. The summed E-state index contributed by atoms with van der Waals surface area (Å²) in [6, 6.07) is 6.84. The lowest BCUT2D eigenvalue weighted by Gasteiger charge is -2.35. The van der Waals surface area contributed by atoms with Crippen molar-refractivity contribution in [3.8, 4) is 0 Å². The Bertz CT molecular complexity index is 578. The number of benzene rings is 1. The van der Waals surface area contributed by atoms with E-state index in [0.29, 0.717) is 6.04 Å². The first kappa shape index (κ1) is 17.4. The van der Waals surface area contributed by atoms with Gasteiger partial charge in [-0.15, -0.1) is 0 Å². The molecule has 4 heteroatoms. The van der Waals surface area contributed by atoms with Crippen LogP contribution >= 0.6 is 0 Å². The van der Waals surface area contributed by atoms with Gasteiger partial charge in [-0.25, -0.2) is 0 Å². The summed E-state index contributed by atoms with van der Waals surface area (Å²) in [5.41, 5.74) is 3.54. The van der Waals surface area contributed by atoms with E-state index in [9.17, 15) is 4.79 Å². The van der Waals surface area contributed by atoms with Crippen LogP contribution in [0.5, 0.6) is 0 Å². The van der Waals surface area contributed by atoms with E-state index >= 15 is 0 Å². The third-order valence-electron chi connectivity index (χ3n) is 5.34. The van der Waals surface area contributed by atoms with Crippen molar-refractivity contribution in [2.75, 3.05) is 44.2 Å². The summed E-state index contributed by atoms with van der Waals surface area (Å²) >= 11 is 0. The van der Waals surface area contributed by atoms with E-state index < -0.39 is 0 Å². The number of hydrogen-bond acceptors (Lipinski definition) is 4. The first-order chi connectivity index (χ1) is 11.6. The SMILES string of the molecule is CC(CN1CCNCC1)C(=O)c1ccc2c(c1)N(C(C)C)CCC2. The fourth-order valence-electron chi connectivity index (χ4n) is 3.94. The lowest BCUT2D eigenvalue weighted by Crippen LogP contribution is -2.45. The number of rotatable bonds is 5. The molecule has 1 fully saturated rings. The van der Waals surface area contributed by atoms with Crippen LogP contribution in [0.2, 0.25) is 0 Å². The molecule has 1 saturated heterocycles. The van der Waals surface area contributed by atoms with Crippen LogP contribution in [0, 0.1) is 5.92 Å². The van der Waals surface area contributed by atoms with Gasteiger partial charge in [-0.3, -0.25) is 4.79 Å². The predicted molar refractivity (Wildman–Crippen MR) is 100 cm³/mol. The number of ketones is 1. The van der Waals surface area contributed by atoms with Crippen LogP contribution < -0.4 is 10.2 Å². The van der Waals surface area contributed by atoms with Crippen molar-refractivity contribution < 1.29 is 4.79 Å². The highest BCUT2D eigenvalue weighted by Crippen LogP contribution is 2.30. The van der Waals surface area contributed by atoms with Crippen molar-refractivity contribution >= 4 is 11.5 Å². The first-order valence-corrected chi connectivity index (χ1v) is 9.43. The van der Waals surface area contributed by atoms with Gasteiger partial charge in [0.25, 0.3) is 0 Å². The van der Waals surface area contributed by atoms with Gasteiger partial charge in [-0.1, -0.05) is 19.1 Å². The molecular weight excluding hydrogens is 298 g/mol. The summed E-state index contributed by atoms with van der Waals surface area (Å²) in [5, 5.41) is 3.37. The summed E-state index contributed by atoms with van der Waals surface area (Å²) < 4.78 is 0. The Morgan fingerprint density at radius 2 is 1.92 bits per heavy atom. The van der Waals surface area contributed by atoms with Crippen LogP contribution in [-0.4, -0.2) is 56.0 Å². The zero-order valence-electron chi connectivity index (χ0n) is 15.3. The maximum Gasteiger partial charge on any atom is 0.167 e. The summed E-state index contributed by atoms with van der Waals surface area (Å²) in [5.74, 6) is 0.336. The second-order valence-corrected chi connectivity index (χ2v) is 7.55. The second-order valence-electron chi connectivity index (χ2n) is 7.55. The lowest BCUT2D eigenvalue weighted by atomic mass is 9.93. The zero-order chi connectivity index (χ0) is 17.1. The van der Waals surface area contributed by atoms with E-state index in [2.05, 4.69) is 48.0 Å². The van der Waals surface area contributed by atoms with Crippen molar-refractivity contribution in [2.45, 2.75) is 39.7 Å². The first-order valence-electron chi connectivity index (χ1n) is 9.43. The van der Waals surface area contributed by atoms with Gasteiger partial charge in [0, 0.05) is 62.5 Å². The Morgan fingerprint density at radius 3 is 2.62 bits per heavy atom. The number of carbonyl (C=O) groups is 1. The van der Waals surface area contributed by atoms with E-state index in [4.69, 9.17) is 0 Å². The average molecular weight is 329 g/mol. The summed E-state index contributed by atoms with van der Waals surface area (Å²) in [4.78, 5) is 17.8. The van der Waals surface area contributed by atoms with Crippen LogP contribution in [-0.2, 0) is 6.42 Å². The molecule has 0 radical (unpaired) electrons. The molecule has 1 aromatic carbocycles. The summed E-state index contributed by atoms with van der Waals surface area (Å²) in [6.07, 6.45) is 2.33. The predicted octanol–water partition coefficient (Wildman–Crippen LogP) is 2.57. The van der Waals surface area contributed by atoms with Gasteiger partial charge in [-0.05, 0) is 38.3 Å². The molecule has 24 heavy (non-hydrogen) atoms. The number of aryl methyl sites for hydroxylation is 1. The monoisotopic (exact) mass is 329 g/mol. The van der Waals surface area contributed by atoms with E-state index in [0.717, 1.165) is 51.3 Å². The van der Waals surface area contributed by atoms with E-state index in [1.807, 2.05) is 6.07 Å². The molecule has 0 amide bonds. The maximum absolute atomic E-state index is 12.9. The van der Waals surface area contributed by atoms with Crippen molar-refractivity contribution in [3.63, 3.8) is 0 Å². The number of fused-ring (bicyclic) bond motifs is 1. The highest BCUT2D eigenvalue weighted by atomic mass is 16.1. The van der Waals surface area contributed by atoms with Gasteiger partial charge in [0.2, 0.25) is 0 Å². The minimum Gasteiger partial charge on any atom is -0.369 e. The Kier molecular flexibility index (Phi) is 5.57. The van der Waals surface area contributed by atoms with Crippen LogP contribution in [0.1, 0.15) is 43.1 Å². The third kappa shape index (κ3) is 3.81. The minimum atomic E-state index is 0.0530. The average Bonchev–Trinajstić information content (AvgIpc) is 2.60. The number of carbonyl (C=O) groups excluding carboxylic acids is 1. The van der Waals surface area contributed by atoms with Crippen LogP contribution in [0.3, 0.4) is 0 Å². The summed E-state index contributed by atoms with van der Waals surface area (Å²) in [6.45, 7) is 12.7. The molecule has 1 N–H and O–H groups in total. The number of nitrogens with one attached hydrogen (secondary N) is 1. The standard InChI is InChI=1S/C20H31N3O/c1-15(2)23-10-4-5-17-6-7-18(13-19(17)23)20(24)16(3)14-22-11-8-21-9-12-22/h6-7,13,15-16,21H,4-5,8-12,14H2,1-3H3. The van der Waals surface area contributed by atoms with Crippen LogP contribution in [0.25, 0.3) is 0 Å².